The lowest BCUT2D eigenvalue weighted by Crippen LogP contribution is -2.21. The Kier molecular flexibility index (Phi) is 6.12. The summed E-state index contributed by atoms with van der Waals surface area (Å²) in [5.74, 6) is 0.889. The fraction of sp³-hybridized carbons (Fsp3) is 0.214. The lowest BCUT2D eigenvalue weighted by Gasteiger charge is -2.26. The first-order valence-corrected chi connectivity index (χ1v) is 11.4. The van der Waals surface area contributed by atoms with E-state index in [4.69, 9.17) is 28.4 Å². The van der Waals surface area contributed by atoms with Gasteiger partial charge < -0.3 is 33.5 Å². The molecule has 1 N–H and O–H groups in total. The molecule has 3 aromatic rings. The predicted octanol–water partition coefficient (Wildman–Crippen LogP) is 4.48. The van der Waals surface area contributed by atoms with Gasteiger partial charge in [0.1, 0.15) is 11.5 Å². The molecule has 0 amide bonds. The van der Waals surface area contributed by atoms with Gasteiger partial charge in [0.2, 0.25) is 11.5 Å². The Morgan fingerprint density at radius 2 is 1.59 bits per heavy atom. The van der Waals surface area contributed by atoms with Gasteiger partial charge in [-0.25, -0.2) is 0 Å². The van der Waals surface area contributed by atoms with Gasteiger partial charge in [0, 0.05) is 17.0 Å². The molecule has 190 valence electrons. The first-order chi connectivity index (χ1) is 17.9. The van der Waals surface area contributed by atoms with Crippen molar-refractivity contribution in [3.05, 3.63) is 70.5 Å². The largest absolute Gasteiger partial charge is 0.504 e. The predicted molar refractivity (Wildman–Crippen MR) is 132 cm³/mol. The third kappa shape index (κ3) is 3.98. The van der Waals surface area contributed by atoms with Gasteiger partial charge >= 0.3 is 5.97 Å². The quantitative estimate of drug-likeness (QED) is 0.295. The minimum atomic E-state index is -0.509. The van der Waals surface area contributed by atoms with Crippen LogP contribution in [0.25, 0.3) is 6.08 Å². The second kappa shape index (κ2) is 9.42. The molecule has 1 unspecified atom stereocenters. The van der Waals surface area contributed by atoms with Gasteiger partial charge in [0.25, 0.3) is 0 Å². The minimum Gasteiger partial charge on any atom is -0.504 e. The molecule has 3 aromatic carbocycles. The van der Waals surface area contributed by atoms with Crippen molar-refractivity contribution in [2.45, 2.75) is 12.3 Å². The summed E-state index contributed by atoms with van der Waals surface area (Å²) in [6, 6.07) is 11.5. The molecule has 1 atom stereocenters. The van der Waals surface area contributed by atoms with Gasteiger partial charge in [-0.3, -0.25) is 9.59 Å². The van der Waals surface area contributed by atoms with Crippen molar-refractivity contribution in [3.8, 4) is 40.2 Å². The van der Waals surface area contributed by atoms with Crippen molar-refractivity contribution >= 4 is 17.8 Å². The highest BCUT2D eigenvalue weighted by molar-refractivity contribution is 6.15. The van der Waals surface area contributed by atoms with E-state index in [1.165, 1.54) is 34.5 Å². The molecule has 37 heavy (non-hydrogen) atoms. The lowest BCUT2D eigenvalue weighted by atomic mass is 9.84. The standard InChI is InChI=1S/C28H24O9/c1-32-19-8-5-14(11-18(19)29)17-13-23(30)36-20-10-7-16-25(31)22(37-27(16)24(17)20)12-15-6-9-21(33-2)28(35-4)26(15)34-3/h5-12,17,29H,13H2,1-4H3/b22-12-. The Bertz CT molecular complexity index is 1450. The highest BCUT2D eigenvalue weighted by Crippen LogP contribution is 2.50. The lowest BCUT2D eigenvalue weighted by molar-refractivity contribution is -0.135. The van der Waals surface area contributed by atoms with Crippen molar-refractivity contribution in [1.82, 2.24) is 0 Å². The van der Waals surface area contributed by atoms with Crippen LogP contribution in [0.15, 0.2) is 48.2 Å². The van der Waals surface area contributed by atoms with Gasteiger partial charge in [-0.2, -0.15) is 0 Å². The molecule has 0 saturated heterocycles. The molecule has 0 aromatic heterocycles. The zero-order valence-corrected chi connectivity index (χ0v) is 20.6. The summed E-state index contributed by atoms with van der Waals surface area (Å²) in [7, 11) is 5.96. The zero-order chi connectivity index (χ0) is 26.3. The molecule has 9 nitrogen and oxygen atoms in total. The first-order valence-electron chi connectivity index (χ1n) is 11.4. The Balaban J connectivity index is 1.60. The fourth-order valence-corrected chi connectivity index (χ4v) is 4.69. The average Bonchev–Trinajstić information content (AvgIpc) is 3.22. The van der Waals surface area contributed by atoms with Gasteiger partial charge in [-0.15, -0.1) is 0 Å². The number of Topliss-reactive ketones (excluding diaryl/α,β-unsaturated/α-hetero) is 1. The maximum Gasteiger partial charge on any atom is 0.312 e. The van der Waals surface area contributed by atoms with Crippen LogP contribution in [0.3, 0.4) is 0 Å². The minimum absolute atomic E-state index is 0.00925. The fourth-order valence-electron chi connectivity index (χ4n) is 4.69. The van der Waals surface area contributed by atoms with Crippen molar-refractivity contribution in [2.75, 3.05) is 28.4 Å². The monoisotopic (exact) mass is 504 g/mol. The third-order valence-corrected chi connectivity index (χ3v) is 6.41. The maximum absolute atomic E-state index is 13.4. The van der Waals surface area contributed by atoms with Crippen molar-refractivity contribution in [3.63, 3.8) is 0 Å². The number of aromatic hydroxyl groups is 1. The molecule has 2 aliphatic heterocycles. The average molecular weight is 504 g/mol. The Morgan fingerprint density at radius 3 is 2.27 bits per heavy atom. The molecular weight excluding hydrogens is 480 g/mol. The molecule has 5 rings (SSSR count). The summed E-state index contributed by atoms with van der Waals surface area (Å²) in [4.78, 5) is 25.8. The Morgan fingerprint density at radius 1 is 0.865 bits per heavy atom. The third-order valence-electron chi connectivity index (χ3n) is 6.41. The van der Waals surface area contributed by atoms with E-state index in [0.29, 0.717) is 56.8 Å². The number of phenolic OH excluding ortho intramolecular Hbond substituents is 1. The van der Waals surface area contributed by atoms with E-state index in [1.54, 1.807) is 42.5 Å². The van der Waals surface area contributed by atoms with Crippen LogP contribution >= 0.6 is 0 Å². The molecule has 0 spiro atoms. The highest BCUT2D eigenvalue weighted by Gasteiger charge is 2.39. The second-order valence-corrected chi connectivity index (χ2v) is 8.38. The molecular formula is C28H24O9. The SMILES string of the molecule is COc1ccc(C2CC(=O)Oc3ccc4c(c32)O/C(=C\c2ccc(OC)c(OC)c2OC)C4=O)cc1O. The highest BCUT2D eigenvalue weighted by atomic mass is 16.5. The number of carbonyl (C=O) groups excluding carboxylic acids is 2. The van der Waals surface area contributed by atoms with Crippen LogP contribution in [0.2, 0.25) is 0 Å². The summed E-state index contributed by atoms with van der Waals surface area (Å²) in [5, 5.41) is 10.3. The number of ether oxygens (including phenoxy) is 6. The molecule has 0 aliphatic carbocycles. The van der Waals surface area contributed by atoms with Crippen LogP contribution in [0.1, 0.15) is 39.4 Å². The van der Waals surface area contributed by atoms with E-state index < -0.39 is 11.9 Å². The number of ketones is 1. The summed E-state index contributed by atoms with van der Waals surface area (Å²) in [5.41, 5.74) is 2.09. The molecule has 0 saturated carbocycles. The zero-order valence-electron chi connectivity index (χ0n) is 20.6. The number of benzene rings is 3. The molecule has 0 radical (unpaired) electrons. The number of hydrogen-bond donors (Lipinski definition) is 1. The Hall–Kier alpha value is -4.66. The normalized spacial score (nSPS) is 17.0. The molecule has 2 heterocycles. The van der Waals surface area contributed by atoms with Gasteiger partial charge in [0.05, 0.1) is 40.4 Å². The number of fused-ring (bicyclic) bond motifs is 3. The van der Waals surface area contributed by atoms with Crippen LogP contribution in [0, 0.1) is 0 Å². The first kappa shape index (κ1) is 24.1. The van der Waals surface area contributed by atoms with E-state index in [-0.39, 0.29) is 23.7 Å². The summed E-state index contributed by atoms with van der Waals surface area (Å²) in [6.07, 6.45) is 1.58. The summed E-state index contributed by atoms with van der Waals surface area (Å²) >= 11 is 0. The van der Waals surface area contributed by atoms with Crippen LogP contribution < -0.4 is 28.4 Å². The van der Waals surface area contributed by atoms with Crippen LogP contribution in [0.5, 0.6) is 40.2 Å². The van der Waals surface area contributed by atoms with Crippen molar-refractivity contribution < 1.29 is 43.1 Å². The molecule has 9 heteroatoms. The maximum atomic E-state index is 13.4. The molecule has 0 bridgehead atoms. The van der Waals surface area contributed by atoms with Crippen LogP contribution in [-0.4, -0.2) is 45.3 Å². The molecule has 0 fully saturated rings. The van der Waals surface area contributed by atoms with Crippen molar-refractivity contribution in [2.24, 2.45) is 0 Å². The van der Waals surface area contributed by atoms with E-state index in [0.717, 1.165) is 0 Å². The van der Waals surface area contributed by atoms with Crippen LogP contribution in [0.4, 0.5) is 0 Å². The number of allylic oxidation sites excluding steroid dienone is 1. The Labute approximate surface area is 212 Å². The van der Waals surface area contributed by atoms with Gasteiger partial charge in [-0.1, -0.05) is 6.07 Å². The summed E-state index contributed by atoms with van der Waals surface area (Å²) in [6.45, 7) is 0. The number of rotatable bonds is 6. The van der Waals surface area contributed by atoms with E-state index in [9.17, 15) is 14.7 Å². The van der Waals surface area contributed by atoms with E-state index in [1.807, 2.05) is 0 Å². The number of methoxy groups -OCH3 is 4. The number of hydrogen-bond acceptors (Lipinski definition) is 9. The molecule has 2 aliphatic rings. The number of esters is 1. The smallest absolute Gasteiger partial charge is 0.312 e. The summed E-state index contributed by atoms with van der Waals surface area (Å²) < 4.78 is 33.0. The number of phenols is 1. The van der Waals surface area contributed by atoms with Crippen LogP contribution in [-0.2, 0) is 4.79 Å². The topological polar surface area (TPSA) is 110 Å². The van der Waals surface area contributed by atoms with Crippen molar-refractivity contribution in [1.29, 1.82) is 0 Å². The van der Waals surface area contributed by atoms with E-state index in [2.05, 4.69) is 0 Å². The van der Waals surface area contributed by atoms with Gasteiger partial charge in [0.15, 0.2) is 28.8 Å². The van der Waals surface area contributed by atoms with Gasteiger partial charge in [-0.05, 0) is 48.0 Å². The second-order valence-electron chi connectivity index (χ2n) is 8.38. The number of carbonyl (C=O) groups is 2. The van der Waals surface area contributed by atoms with E-state index >= 15 is 0 Å².